The number of rotatable bonds is 5. The molecule has 5 nitrogen and oxygen atoms in total. The first-order valence-electron chi connectivity index (χ1n) is 7.95. The zero-order chi connectivity index (χ0) is 16.8. The summed E-state index contributed by atoms with van der Waals surface area (Å²) >= 11 is 1.42. The quantitative estimate of drug-likeness (QED) is 0.849. The number of carbonyl (C=O) groups is 2. The fourth-order valence-electron chi connectivity index (χ4n) is 2.61. The Labute approximate surface area is 145 Å². The number of thioether (sulfide) groups is 1. The number of benzene rings is 1. The van der Waals surface area contributed by atoms with Crippen LogP contribution in [0.3, 0.4) is 0 Å². The fourth-order valence-corrected chi connectivity index (χ4v) is 3.56. The van der Waals surface area contributed by atoms with Gasteiger partial charge in [0.2, 0.25) is 5.91 Å². The Hall–Kier alpha value is -2.34. The first-order chi connectivity index (χ1) is 11.7. The van der Waals surface area contributed by atoms with E-state index in [9.17, 15) is 9.59 Å². The second-order valence-corrected chi connectivity index (χ2v) is 6.58. The molecule has 1 N–H and O–H groups in total. The summed E-state index contributed by atoms with van der Waals surface area (Å²) in [6.45, 7) is 1.70. The van der Waals surface area contributed by atoms with Crippen LogP contribution in [0, 0.1) is 0 Å². The number of nitrogens with one attached hydrogen (secondary N) is 1. The van der Waals surface area contributed by atoms with E-state index in [4.69, 9.17) is 0 Å². The molecule has 6 heteroatoms. The van der Waals surface area contributed by atoms with E-state index in [0.29, 0.717) is 17.0 Å². The number of carbonyl (C=O) groups excluding carboxylic acids is 2. The van der Waals surface area contributed by atoms with Crippen LogP contribution in [0.15, 0.2) is 53.7 Å². The average molecular weight is 341 g/mol. The third-order valence-corrected chi connectivity index (χ3v) is 4.94. The zero-order valence-electron chi connectivity index (χ0n) is 13.3. The number of nitrogens with zero attached hydrogens (tertiary/aromatic N) is 2. The van der Waals surface area contributed by atoms with Crippen molar-refractivity contribution in [2.45, 2.75) is 17.7 Å². The molecule has 1 aliphatic rings. The molecule has 1 aromatic heterocycles. The highest BCUT2D eigenvalue weighted by molar-refractivity contribution is 8.00. The lowest BCUT2D eigenvalue weighted by molar-refractivity contribution is -0.127. The van der Waals surface area contributed by atoms with Gasteiger partial charge in [0, 0.05) is 36.1 Å². The molecular weight excluding hydrogens is 322 g/mol. The van der Waals surface area contributed by atoms with Crippen LogP contribution in [-0.2, 0) is 4.79 Å². The van der Waals surface area contributed by atoms with Crippen LogP contribution in [0.2, 0.25) is 0 Å². The van der Waals surface area contributed by atoms with Crippen LogP contribution in [0.25, 0.3) is 0 Å². The third-order valence-electron chi connectivity index (χ3n) is 3.88. The normalized spacial score (nSPS) is 13.8. The van der Waals surface area contributed by atoms with Crippen molar-refractivity contribution in [2.75, 3.05) is 24.2 Å². The lowest BCUT2D eigenvalue weighted by atomic mass is 10.2. The van der Waals surface area contributed by atoms with Gasteiger partial charge in [-0.25, -0.2) is 0 Å². The van der Waals surface area contributed by atoms with E-state index in [1.165, 1.54) is 11.8 Å². The molecule has 0 bridgehead atoms. The number of aromatic nitrogens is 1. The van der Waals surface area contributed by atoms with E-state index in [0.717, 1.165) is 30.8 Å². The molecule has 2 heterocycles. The van der Waals surface area contributed by atoms with Crippen molar-refractivity contribution in [3.05, 3.63) is 54.4 Å². The Balaban J connectivity index is 1.66. The maximum absolute atomic E-state index is 12.5. The lowest BCUT2D eigenvalue weighted by Crippen LogP contribution is -2.29. The van der Waals surface area contributed by atoms with E-state index < -0.39 is 0 Å². The predicted octanol–water partition coefficient (Wildman–Crippen LogP) is 3.05. The van der Waals surface area contributed by atoms with Gasteiger partial charge in [0.25, 0.3) is 5.91 Å². The first-order valence-corrected chi connectivity index (χ1v) is 8.93. The Bertz CT molecular complexity index is 715. The molecule has 1 aliphatic heterocycles. The molecule has 1 fully saturated rings. The molecule has 0 radical (unpaired) electrons. The number of amides is 2. The topological polar surface area (TPSA) is 62.3 Å². The van der Waals surface area contributed by atoms with Crippen molar-refractivity contribution in [2.24, 2.45) is 0 Å². The van der Waals surface area contributed by atoms with Crippen molar-refractivity contribution in [3.63, 3.8) is 0 Å². The number of anilines is 1. The largest absolute Gasteiger partial charge is 0.342 e. The highest BCUT2D eigenvalue weighted by Crippen LogP contribution is 2.24. The standard InChI is InChI=1S/C18H19N3O2S/c22-17(21-11-3-4-12-21)13-24-16-6-2-1-5-15(16)18(23)20-14-7-9-19-10-8-14/h1-2,5-10H,3-4,11-13H2,(H,19,20,23). The summed E-state index contributed by atoms with van der Waals surface area (Å²) in [5, 5.41) is 2.85. The number of hydrogen-bond acceptors (Lipinski definition) is 4. The summed E-state index contributed by atoms with van der Waals surface area (Å²) in [6.07, 6.45) is 5.43. The van der Waals surface area contributed by atoms with Gasteiger partial charge in [0.1, 0.15) is 0 Å². The zero-order valence-corrected chi connectivity index (χ0v) is 14.1. The lowest BCUT2D eigenvalue weighted by Gasteiger charge is -2.15. The number of likely N-dealkylation sites (tertiary alicyclic amines) is 1. The molecule has 3 rings (SSSR count). The van der Waals surface area contributed by atoms with Crippen LogP contribution in [-0.4, -0.2) is 40.5 Å². The summed E-state index contributed by atoms with van der Waals surface area (Å²) in [5.74, 6) is 0.319. The van der Waals surface area contributed by atoms with Crippen molar-refractivity contribution in [1.82, 2.24) is 9.88 Å². The molecule has 2 aromatic rings. The van der Waals surface area contributed by atoms with Crippen LogP contribution < -0.4 is 5.32 Å². The maximum atomic E-state index is 12.5. The second-order valence-electron chi connectivity index (χ2n) is 5.56. The maximum Gasteiger partial charge on any atom is 0.256 e. The molecule has 0 aliphatic carbocycles. The minimum absolute atomic E-state index is 0.141. The average Bonchev–Trinajstić information content (AvgIpc) is 3.15. The van der Waals surface area contributed by atoms with E-state index >= 15 is 0 Å². The number of pyridine rings is 1. The summed E-state index contributed by atoms with van der Waals surface area (Å²) in [6, 6.07) is 10.8. The van der Waals surface area contributed by atoms with Gasteiger partial charge in [-0.3, -0.25) is 14.6 Å². The summed E-state index contributed by atoms with van der Waals surface area (Å²) in [4.78, 5) is 31.3. The SMILES string of the molecule is O=C(Nc1ccncc1)c1ccccc1SCC(=O)N1CCCC1. The molecule has 124 valence electrons. The monoisotopic (exact) mass is 341 g/mol. The number of hydrogen-bond donors (Lipinski definition) is 1. The van der Waals surface area contributed by atoms with Gasteiger partial charge >= 0.3 is 0 Å². The van der Waals surface area contributed by atoms with E-state index in [1.54, 1.807) is 30.6 Å². The molecule has 0 unspecified atom stereocenters. The molecule has 0 spiro atoms. The van der Waals surface area contributed by atoms with Gasteiger partial charge in [0.05, 0.1) is 11.3 Å². The van der Waals surface area contributed by atoms with E-state index in [1.807, 2.05) is 23.1 Å². The molecule has 1 saturated heterocycles. The van der Waals surface area contributed by atoms with Crippen molar-refractivity contribution in [1.29, 1.82) is 0 Å². The van der Waals surface area contributed by atoms with E-state index in [-0.39, 0.29) is 11.8 Å². The molecule has 1 aromatic carbocycles. The van der Waals surface area contributed by atoms with Crippen LogP contribution >= 0.6 is 11.8 Å². The highest BCUT2D eigenvalue weighted by atomic mass is 32.2. The van der Waals surface area contributed by atoms with Crippen LogP contribution in [0.5, 0.6) is 0 Å². The van der Waals surface area contributed by atoms with Gasteiger partial charge in [0.15, 0.2) is 0 Å². The van der Waals surface area contributed by atoms with E-state index in [2.05, 4.69) is 10.3 Å². The van der Waals surface area contributed by atoms with Crippen molar-refractivity contribution < 1.29 is 9.59 Å². The fraction of sp³-hybridized carbons (Fsp3) is 0.278. The highest BCUT2D eigenvalue weighted by Gasteiger charge is 2.19. The molecule has 0 saturated carbocycles. The minimum Gasteiger partial charge on any atom is -0.342 e. The van der Waals surface area contributed by atoms with Gasteiger partial charge in [-0.15, -0.1) is 11.8 Å². The third kappa shape index (κ3) is 4.14. The first kappa shape index (κ1) is 16.5. The summed E-state index contributed by atoms with van der Waals surface area (Å²) in [7, 11) is 0. The Kier molecular flexibility index (Phi) is 5.48. The Morgan fingerprint density at radius 2 is 1.79 bits per heavy atom. The van der Waals surface area contributed by atoms with Gasteiger partial charge < -0.3 is 10.2 Å². The minimum atomic E-state index is -0.182. The van der Waals surface area contributed by atoms with Crippen LogP contribution in [0.4, 0.5) is 5.69 Å². The summed E-state index contributed by atoms with van der Waals surface area (Å²) < 4.78 is 0. The molecule has 0 atom stereocenters. The Morgan fingerprint density at radius 1 is 1.08 bits per heavy atom. The smallest absolute Gasteiger partial charge is 0.256 e. The predicted molar refractivity (Wildman–Crippen MR) is 95.2 cm³/mol. The van der Waals surface area contributed by atoms with Gasteiger partial charge in [-0.05, 0) is 37.1 Å². The summed E-state index contributed by atoms with van der Waals surface area (Å²) in [5.41, 5.74) is 1.27. The Morgan fingerprint density at radius 3 is 2.54 bits per heavy atom. The van der Waals surface area contributed by atoms with Crippen molar-refractivity contribution >= 4 is 29.3 Å². The molecule has 24 heavy (non-hydrogen) atoms. The van der Waals surface area contributed by atoms with Crippen LogP contribution in [0.1, 0.15) is 23.2 Å². The molecular formula is C18H19N3O2S. The van der Waals surface area contributed by atoms with Crippen molar-refractivity contribution in [3.8, 4) is 0 Å². The molecule has 2 amide bonds. The van der Waals surface area contributed by atoms with Gasteiger partial charge in [-0.2, -0.15) is 0 Å². The van der Waals surface area contributed by atoms with Gasteiger partial charge in [-0.1, -0.05) is 12.1 Å². The second kappa shape index (κ2) is 7.97.